The molecular weight excluding hydrogens is 452 g/mol. The molecule has 7 nitrogen and oxygen atoms in total. The minimum Gasteiger partial charge on any atom is -0.395 e. The number of carbonyl (C=O) groups is 1. The van der Waals surface area contributed by atoms with Gasteiger partial charge in [0.25, 0.3) is 0 Å². The highest BCUT2D eigenvalue weighted by molar-refractivity contribution is 7.92. The van der Waals surface area contributed by atoms with Gasteiger partial charge in [-0.05, 0) is 30.7 Å². The van der Waals surface area contributed by atoms with Gasteiger partial charge in [-0.15, -0.1) is 0 Å². The summed E-state index contributed by atoms with van der Waals surface area (Å²) < 4.78 is 55.3. The van der Waals surface area contributed by atoms with Gasteiger partial charge >= 0.3 is 0 Å². The van der Waals surface area contributed by atoms with Crippen molar-refractivity contribution in [1.82, 2.24) is 9.97 Å². The summed E-state index contributed by atoms with van der Waals surface area (Å²) in [6.45, 7) is 1.27. The molecule has 0 bridgehead atoms. The molecule has 10 heteroatoms. The third kappa shape index (κ3) is 4.48. The van der Waals surface area contributed by atoms with Crippen LogP contribution in [0.5, 0.6) is 0 Å². The smallest absolute Gasteiger partial charge is 0.235 e. The number of carbonyl (C=O) groups excluding carboxylic acids is 1. The Morgan fingerprint density at radius 1 is 1.12 bits per heavy atom. The normalized spacial score (nSPS) is 11.6. The van der Waals surface area contributed by atoms with E-state index in [4.69, 9.17) is 5.11 Å². The van der Waals surface area contributed by atoms with Gasteiger partial charge in [0.05, 0.1) is 23.6 Å². The summed E-state index contributed by atoms with van der Waals surface area (Å²) in [5, 5.41) is 9.21. The number of rotatable bonds is 7. The van der Waals surface area contributed by atoms with E-state index in [9.17, 15) is 17.6 Å². The Morgan fingerprint density at radius 3 is 2.55 bits per heavy atom. The Balaban J connectivity index is 1.78. The first-order valence-corrected chi connectivity index (χ1v) is 11.5. The van der Waals surface area contributed by atoms with Crippen LogP contribution in [0.2, 0.25) is 0 Å². The summed E-state index contributed by atoms with van der Waals surface area (Å²) in [7, 11) is -4.08. The number of hydrogen-bond acceptors (Lipinski definition) is 5. The molecule has 0 unspecified atom stereocenters. The second-order valence-electron chi connectivity index (χ2n) is 7.45. The molecule has 0 saturated carbocycles. The molecule has 4 rings (SSSR count). The Bertz CT molecular complexity index is 1470. The fourth-order valence-corrected chi connectivity index (χ4v) is 4.24. The number of nitrogens with one attached hydrogen (secondary N) is 2. The maximum absolute atomic E-state index is 15.1. The first-order valence-electron chi connectivity index (χ1n) is 9.88. The Labute approximate surface area is 188 Å². The molecule has 2 heterocycles. The molecule has 0 radical (unpaired) electrons. The third-order valence-corrected chi connectivity index (χ3v) is 6.36. The van der Waals surface area contributed by atoms with Gasteiger partial charge in [-0.25, -0.2) is 22.2 Å². The number of sulfonamides is 1. The molecule has 0 aliphatic heterocycles. The lowest BCUT2D eigenvalue weighted by atomic mass is 9.99. The zero-order valence-electron chi connectivity index (χ0n) is 17.4. The van der Waals surface area contributed by atoms with E-state index in [0.717, 1.165) is 23.3 Å². The van der Waals surface area contributed by atoms with Gasteiger partial charge in [-0.1, -0.05) is 29.8 Å². The molecule has 2 aromatic heterocycles. The average molecular weight is 471 g/mol. The number of benzene rings is 2. The monoisotopic (exact) mass is 471 g/mol. The molecule has 170 valence electrons. The minimum atomic E-state index is -4.08. The SMILES string of the molecule is Cc1ccc(-c2cnc3[nH]cc(C(=O)c4c(F)ccc(NS(=O)(=O)CCO)c4F)c3c2)cc1. The van der Waals surface area contributed by atoms with E-state index in [-0.39, 0.29) is 5.56 Å². The summed E-state index contributed by atoms with van der Waals surface area (Å²) in [5.74, 6) is -4.14. The zero-order valence-corrected chi connectivity index (χ0v) is 18.2. The molecule has 0 amide bonds. The second kappa shape index (κ2) is 8.72. The predicted molar refractivity (Wildman–Crippen MR) is 121 cm³/mol. The fourth-order valence-electron chi connectivity index (χ4n) is 3.41. The Hall–Kier alpha value is -3.63. The number of aliphatic hydroxyl groups is 1. The number of aryl methyl sites for hydroxylation is 1. The van der Waals surface area contributed by atoms with Crippen LogP contribution >= 0.6 is 0 Å². The van der Waals surface area contributed by atoms with Crippen molar-refractivity contribution in [2.75, 3.05) is 17.1 Å². The van der Waals surface area contributed by atoms with Gasteiger partial charge in [-0.3, -0.25) is 9.52 Å². The highest BCUT2D eigenvalue weighted by Crippen LogP contribution is 2.29. The number of pyridine rings is 1. The standard InChI is InChI=1S/C23H19F2N3O4S/c1-13-2-4-14(5-3-13)15-10-16-17(12-27-23(16)26-11-15)22(30)20-18(24)6-7-19(21(20)25)28-33(31,32)9-8-29/h2-7,10-12,28-29H,8-9H2,1H3,(H,26,27). The van der Waals surface area contributed by atoms with Crippen LogP contribution in [-0.4, -0.2) is 41.6 Å². The number of fused-ring (bicyclic) bond motifs is 1. The van der Waals surface area contributed by atoms with E-state index in [1.54, 1.807) is 12.3 Å². The maximum atomic E-state index is 15.1. The predicted octanol–water partition coefficient (Wildman–Crippen LogP) is 3.78. The maximum Gasteiger partial charge on any atom is 0.235 e. The van der Waals surface area contributed by atoms with Gasteiger partial charge in [0.2, 0.25) is 15.8 Å². The van der Waals surface area contributed by atoms with Gasteiger partial charge in [-0.2, -0.15) is 0 Å². The van der Waals surface area contributed by atoms with Crippen LogP contribution in [0.1, 0.15) is 21.5 Å². The topological polar surface area (TPSA) is 112 Å². The summed E-state index contributed by atoms with van der Waals surface area (Å²) in [6, 6.07) is 11.0. The van der Waals surface area contributed by atoms with Crippen molar-refractivity contribution in [3.8, 4) is 11.1 Å². The number of halogens is 2. The van der Waals surface area contributed by atoms with Crippen LogP contribution < -0.4 is 4.72 Å². The second-order valence-corrected chi connectivity index (χ2v) is 9.29. The summed E-state index contributed by atoms with van der Waals surface area (Å²) in [4.78, 5) is 20.3. The molecule has 0 aliphatic rings. The first kappa shape index (κ1) is 22.6. The zero-order chi connectivity index (χ0) is 23.8. The van der Waals surface area contributed by atoms with E-state index in [1.165, 1.54) is 6.20 Å². The lowest BCUT2D eigenvalue weighted by Crippen LogP contribution is -2.20. The minimum absolute atomic E-state index is 0.0142. The quantitative estimate of drug-likeness (QED) is 0.355. The summed E-state index contributed by atoms with van der Waals surface area (Å²) in [6.07, 6.45) is 2.93. The molecule has 0 fully saturated rings. The number of aliphatic hydroxyl groups excluding tert-OH is 1. The van der Waals surface area contributed by atoms with Crippen molar-refractivity contribution >= 4 is 32.5 Å². The van der Waals surface area contributed by atoms with Crippen LogP contribution in [0, 0.1) is 18.6 Å². The summed E-state index contributed by atoms with van der Waals surface area (Å²) >= 11 is 0. The molecule has 0 aliphatic carbocycles. The molecule has 4 aromatic rings. The van der Waals surface area contributed by atoms with E-state index in [0.29, 0.717) is 16.6 Å². The Morgan fingerprint density at radius 2 is 1.85 bits per heavy atom. The molecule has 2 aromatic carbocycles. The van der Waals surface area contributed by atoms with Crippen LogP contribution in [0.15, 0.2) is 54.9 Å². The number of anilines is 1. The number of hydrogen-bond donors (Lipinski definition) is 3. The van der Waals surface area contributed by atoms with E-state index < -0.39 is 51.1 Å². The molecule has 0 saturated heterocycles. The van der Waals surface area contributed by atoms with E-state index in [1.807, 2.05) is 35.9 Å². The molecule has 3 N–H and O–H groups in total. The van der Waals surface area contributed by atoms with Gasteiger partial charge < -0.3 is 10.1 Å². The first-order chi connectivity index (χ1) is 15.7. The van der Waals surface area contributed by atoms with Crippen molar-refractivity contribution in [3.05, 3.63) is 83.2 Å². The van der Waals surface area contributed by atoms with Crippen molar-refractivity contribution in [1.29, 1.82) is 0 Å². The molecule has 33 heavy (non-hydrogen) atoms. The van der Waals surface area contributed by atoms with Crippen molar-refractivity contribution in [3.63, 3.8) is 0 Å². The van der Waals surface area contributed by atoms with Gasteiger partial charge in [0, 0.05) is 28.9 Å². The number of H-pyrrole nitrogens is 1. The van der Waals surface area contributed by atoms with Gasteiger partial charge in [0.15, 0.2) is 5.82 Å². The number of aromatic nitrogens is 2. The van der Waals surface area contributed by atoms with Crippen molar-refractivity contribution in [2.24, 2.45) is 0 Å². The molecular formula is C23H19F2N3O4S. The van der Waals surface area contributed by atoms with Crippen molar-refractivity contribution in [2.45, 2.75) is 6.92 Å². The van der Waals surface area contributed by atoms with Crippen LogP contribution in [0.4, 0.5) is 14.5 Å². The lowest BCUT2D eigenvalue weighted by molar-refractivity contribution is 0.103. The highest BCUT2D eigenvalue weighted by Gasteiger charge is 2.26. The Kier molecular flexibility index (Phi) is 5.96. The van der Waals surface area contributed by atoms with Crippen molar-refractivity contribution < 1.29 is 27.1 Å². The number of ketones is 1. The van der Waals surface area contributed by atoms with Gasteiger partial charge in [0.1, 0.15) is 11.5 Å². The average Bonchev–Trinajstić information content (AvgIpc) is 3.19. The third-order valence-electron chi connectivity index (χ3n) is 5.10. The van der Waals surface area contributed by atoms with Crippen LogP contribution in [-0.2, 0) is 10.0 Å². The van der Waals surface area contributed by atoms with Crippen LogP contribution in [0.3, 0.4) is 0 Å². The van der Waals surface area contributed by atoms with E-state index >= 15 is 4.39 Å². The largest absolute Gasteiger partial charge is 0.395 e. The molecule has 0 spiro atoms. The van der Waals surface area contributed by atoms with Crippen LogP contribution in [0.25, 0.3) is 22.2 Å². The lowest BCUT2D eigenvalue weighted by Gasteiger charge is -2.11. The fraction of sp³-hybridized carbons (Fsp3) is 0.130. The summed E-state index contributed by atoms with van der Waals surface area (Å²) in [5.41, 5.74) is 1.49. The number of aromatic amines is 1. The molecule has 0 atom stereocenters. The highest BCUT2D eigenvalue weighted by atomic mass is 32.2. The number of nitrogens with zero attached hydrogens (tertiary/aromatic N) is 1. The van der Waals surface area contributed by atoms with E-state index in [2.05, 4.69) is 9.97 Å².